The summed E-state index contributed by atoms with van der Waals surface area (Å²) in [6.07, 6.45) is 11.0. The number of hydrogen-bond acceptors (Lipinski definition) is 5. The number of rotatable bonds is 12. The highest BCUT2D eigenvalue weighted by Gasteiger charge is 2.31. The number of fused-ring (bicyclic) bond motifs is 2. The van der Waals surface area contributed by atoms with Crippen molar-refractivity contribution in [2.75, 3.05) is 27.2 Å². The Bertz CT molecular complexity index is 1160. The fourth-order valence-corrected chi connectivity index (χ4v) is 4.54. The molecular formula is C28H35N3O3. The number of para-hydroxylation sites is 1. The van der Waals surface area contributed by atoms with Crippen LogP contribution in [0.25, 0.3) is 17.0 Å². The Morgan fingerprint density at radius 1 is 1.06 bits per heavy atom. The first-order valence-electron chi connectivity index (χ1n) is 12.3. The predicted molar refractivity (Wildman–Crippen MR) is 137 cm³/mol. The van der Waals surface area contributed by atoms with Crippen molar-refractivity contribution in [1.82, 2.24) is 15.2 Å². The molecule has 2 aromatic carbocycles. The number of ketones is 1. The Morgan fingerprint density at radius 3 is 2.65 bits per heavy atom. The van der Waals surface area contributed by atoms with Gasteiger partial charge >= 0.3 is 0 Å². The van der Waals surface area contributed by atoms with Gasteiger partial charge in [-0.05, 0) is 64.3 Å². The number of benzene rings is 2. The van der Waals surface area contributed by atoms with Crippen LogP contribution in [0.3, 0.4) is 0 Å². The van der Waals surface area contributed by atoms with Crippen molar-refractivity contribution >= 4 is 22.8 Å². The van der Waals surface area contributed by atoms with E-state index in [1.807, 2.05) is 44.6 Å². The number of carbonyl (C=O) groups excluding carboxylic acids is 1. The number of allylic oxidation sites excluding steroid dienone is 1. The molecule has 0 saturated heterocycles. The van der Waals surface area contributed by atoms with Crippen molar-refractivity contribution in [2.45, 2.75) is 45.1 Å². The number of ether oxygens (including phenoxy) is 1. The Hall–Kier alpha value is -3.09. The van der Waals surface area contributed by atoms with Crippen molar-refractivity contribution in [2.24, 2.45) is 0 Å². The van der Waals surface area contributed by atoms with Crippen LogP contribution in [0.4, 0.5) is 0 Å². The number of nitrogens with zero attached hydrogens (tertiary/aromatic N) is 1. The quantitative estimate of drug-likeness (QED) is 0.246. The number of hydrogen-bond donors (Lipinski definition) is 3. The molecule has 3 N–H and O–H groups in total. The molecule has 0 atom stereocenters. The first-order valence-corrected chi connectivity index (χ1v) is 12.3. The van der Waals surface area contributed by atoms with E-state index in [9.17, 15) is 9.90 Å². The number of aromatic nitrogens is 1. The number of unbranched alkanes of at least 4 members (excludes halogenated alkanes) is 5. The molecule has 0 fully saturated rings. The molecule has 1 aliphatic rings. The van der Waals surface area contributed by atoms with Gasteiger partial charge in [-0.2, -0.15) is 0 Å². The molecule has 180 valence electrons. The van der Waals surface area contributed by atoms with Crippen LogP contribution in [0.5, 0.6) is 11.5 Å². The second-order valence-corrected chi connectivity index (χ2v) is 9.13. The fraction of sp³-hybridized carbons (Fsp3) is 0.393. The van der Waals surface area contributed by atoms with Crippen molar-refractivity contribution in [3.8, 4) is 11.5 Å². The van der Waals surface area contributed by atoms with Crippen molar-refractivity contribution in [1.29, 1.82) is 0 Å². The Morgan fingerprint density at radius 2 is 1.82 bits per heavy atom. The molecule has 3 aromatic rings. The van der Waals surface area contributed by atoms with Crippen LogP contribution in [-0.4, -0.2) is 48.0 Å². The zero-order valence-corrected chi connectivity index (χ0v) is 20.2. The molecule has 0 aliphatic carbocycles. The van der Waals surface area contributed by atoms with Gasteiger partial charge in [0.15, 0.2) is 5.76 Å². The van der Waals surface area contributed by atoms with Gasteiger partial charge in [0.05, 0.1) is 11.1 Å². The fourth-order valence-electron chi connectivity index (χ4n) is 4.54. The number of phenolic OH excluding ortho intramolecular Hbond substituents is 1. The average molecular weight is 462 g/mol. The van der Waals surface area contributed by atoms with Gasteiger partial charge in [-0.1, -0.05) is 43.9 Å². The molecule has 4 rings (SSSR count). The summed E-state index contributed by atoms with van der Waals surface area (Å²) in [5.74, 6) is 0.777. The Balaban J connectivity index is 1.39. The van der Waals surface area contributed by atoms with Crippen LogP contribution in [-0.2, 0) is 6.54 Å². The van der Waals surface area contributed by atoms with E-state index in [0.29, 0.717) is 23.4 Å². The molecule has 0 radical (unpaired) electrons. The van der Waals surface area contributed by atoms with Gasteiger partial charge in [-0.15, -0.1) is 0 Å². The number of phenols is 1. The van der Waals surface area contributed by atoms with Crippen molar-refractivity contribution in [3.63, 3.8) is 0 Å². The van der Waals surface area contributed by atoms with Crippen LogP contribution in [0, 0.1) is 0 Å². The minimum Gasteiger partial charge on any atom is -0.507 e. The van der Waals surface area contributed by atoms with E-state index < -0.39 is 0 Å². The maximum Gasteiger partial charge on any atom is 0.231 e. The topological polar surface area (TPSA) is 77.6 Å². The van der Waals surface area contributed by atoms with Crippen molar-refractivity contribution < 1.29 is 14.6 Å². The molecule has 0 amide bonds. The molecule has 0 unspecified atom stereocenters. The van der Waals surface area contributed by atoms with E-state index in [0.717, 1.165) is 36.0 Å². The molecule has 6 nitrogen and oxygen atoms in total. The molecule has 1 aliphatic heterocycles. The van der Waals surface area contributed by atoms with E-state index in [4.69, 9.17) is 4.74 Å². The summed E-state index contributed by atoms with van der Waals surface area (Å²) < 4.78 is 6.05. The number of nitrogens with one attached hydrogen (secondary N) is 2. The largest absolute Gasteiger partial charge is 0.507 e. The first-order chi connectivity index (χ1) is 16.6. The van der Waals surface area contributed by atoms with Crippen LogP contribution >= 0.6 is 0 Å². The summed E-state index contributed by atoms with van der Waals surface area (Å²) in [5, 5.41) is 14.8. The van der Waals surface area contributed by atoms with Gasteiger partial charge in [-0.25, -0.2) is 0 Å². The Labute approximate surface area is 201 Å². The summed E-state index contributed by atoms with van der Waals surface area (Å²) in [7, 11) is 4.04. The van der Waals surface area contributed by atoms with Crippen LogP contribution in [0.2, 0.25) is 0 Å². The lowest BCUT2D eigenvalue weighted by molar-refractivity contribution is 0.101. The second kappa shape index (κ2) is 11.4. The molecule has 0 bridgehead atoms. The lowest BCUT2D eigenvalue weighted by Gasteiger charge is -2.19. The third-order valence-corrected chi connectivity index (χ3v) is 6.47. The summed E-state index contributed by atoms with van der Waals surface area (Å²) in [5.41, 5.74) is 3.09. The smallest absolute Gasteiger partial charge is 0.231 e. The minimum absolute atomic E-state index is 0.151. The normalized spacial score (nSPS) is 14.3. The van der Waals surface area contributed by atoms with E-state index >= 15 is 0 Å². The maximum absolute atomic E-state index is 13.0. The Kier molecular flexibility index (Phi) is 8.03. The molecular weight excluding hydrogens is 426 g/mol. The summed E-state index contributed by atoms with van der Waals surface area (Å²) >= 11 is 0. The molecule has 2 heterocycles. The van der Waals surface area contributed by atoms with Gasteiger partial charge in [0.25, 0.3) is 0 Å². The van der Waals surface area contributed by atoms with Gasteiger partial charge in [0.1, 0.15) is 11.5 Å². The summed E-state index contributed by atoms with van der Waals surface area (Å²) in [4.78, 5) is 18.5. The molecule has 0 saturated carbocycles. The SMILES string of the molecule is CNCCCCCCCCN(C)Cc1c(O)ccc2c1O/C(=C\c1c[nH]c3ccccc13)C2=O. The van der Waals surface area contributed by atoms with E-state index in [-0.39, 0.29) is 17.3 Å². The highest BCUT2D eigenvalue weighted by atomic mass is 16.5. The van der Waals surface area contributed by atoms with Gasteiger partial charge in [0, 0.05) is 29.2 Å². The summed E-state index contributed by atoms with van der Waals surface area (Å²) in [6.45, 7) is 2.56. The van der Waals surface area contributed by atoms with Gasteiger partial charge in [0.2, 0.25) is 5.78 Å². The second-order valence-electron chi connectivity index (χ2n) is 9.13. The number of carbonyl (C=O) groups is 1. The minimum atomic E-state index is -0.151. The standard InChI is InChI=1S/C28H35N3O3/c1-29-15-9-5-3-4-6-10-16-31(2)19-23-25(32)14-13-22-27(33)26(34-28(22)23)17-20-18-30-24-12-8-7-11-21(20)24/h7-8,11-14,17-18,29-30,32H,3-6,9-10,15-16,19H2,1-2H3/b26-17-. The van der Waals surface area contributed by atoms with E-state index in [1.165, 1.54) is 32.1 Å². The zero-order valence-electron chi connectivity index (χ0n) is 20.2. The van der Waals surface area contributed by atoms with Crippen LogP contribution in [0.15, 0.2) is 48.4 Å². The number of Topliss-reactive ketones (excluding diaryl/α,β-unsaturated/α-hetero) is 1. The van der Waals surface area contributed by atoms with Crippen molar-refractivity contribution in [3.05, 3.63) is 65.0 Å². The van der Waals surface area contributed by atoms with Gasteiger partial charge < -0.3 is 25.0 Å². The first kappa shape index (κ1) is 24.0. The maximum atomic E-state index is 13.0. The molecule has 0 spiro atoms. The highest BCUT2D eigenvalue weighted by molar-refractivity contribution is 6.15. The third-order valence-electron chi connectivity index (χ3n) is 6.47. The molecule has 1 aromatic heterocycles. The monoisotopic (exact) mass is 461 g/mol. The van der Waals surface area contributed by atoms with E-state index in [2.05, 4.69) is 15.2 Å². The zero-order chi connectivity index (χ0) is 23.9. The highest BCUT2D eigenvalue weighted by Crippen LogP contribution is 2.40. The van der Waals surface area contributed by atoms with E-state index in [1.54, 1.807) is 18.2 Å². The van der Waals surface area contributed by atoms with Gasteiger partial charge in [-0.3, -0.25) is 4.79 Å². The molecule has 6 heteroatoms. The lowest BCUT2D eigenvalue weighted by atomic mass is 10.0. The molecule has 34 heavy (non-hydrogen) atoms. The lowest BCUT2D eigenvalue weighted by Crippen LogP contribution is -2.19. The average Bonchev–Trinajstić information content (AvgIpc) is 3.39. The predicted octanol–water partition coefficient (Wildman–Crippen LogP) is 5.48. The number of H-pyrrole nitrogens is 1. The van der Waals surface area contributed by atoms with Crippen LogP contribution in [0.1, 0.15) is 60.0 Å². The third kappa shape index (κ3) is 5.51. The van der Waals surface area contributed by atoms with Crippen LogP contribution < -0.4 is 10.1 Å². The number of aromatic hydroxyl groups is 1. The number of aromatic amines is 1. The summed E-state index contributed by atoms with van der Waals surface area (Å²) in [6, 6.07) is 11.2.